The topological polar surface area (TPSA) is 41.1 Å². The summed E-state index contributed by atoms with van der Waals surface area (Å²) in [6.07, 6.45) is 9.88. The van der Waals surface area contributed by atoms with Gasteiger partial charge in [0, 0.05) is 12.6 Å². The first-order chi connectivity index (χ1) is 13.3. The van der Waals surface area contributed by atoms with Gasteiger partial charge in [0.1, 0.15) is 0 Å². The zero-order valence-corrected chi connectivity index (χ0v) is 20.7. The van der Waals surface area contributed by atoms with Gasteiger partial charge in [0.05, 0.1) is 5.41 Å². The van der Waals surface area contributed by atoms with Crippen molar-refractivity contribution in [1.29, 1.82) is 0 Å². The molecule has 3 aliphatic rings. The molecular formula is C25H52N2O. The van der Waals surface area contributed by atoms with Crippen molar-refractivity contribution in [1.82, 2.24) is 10.6 Å². The van der Waals surface area contributed by atoms with E-state index in [1.165, 1.54) is 38.6 Å². The van der Waals surface area contributed by atoms with Crippen LogP contribution in [0.4, 0.5) is 0 Å². The average Bonchev–Trinajstić information content (AvgIpc) is 3.00. The quantitative estimate of drug-likeness (QED) is 0.564. The Bertz CT molecular complexity index is 409. The van der Waals surface area contributed by atoms with Crippen LogP contribution in [0, 0.1) is 22.7 Å². The summed E-state index contributed by atoms with van der Waals surface area (Å²) in [5.41, 5.74) is 0.597. The molecule has 1 spiro atoms. The number of amides is 1. The second-order valence-electron chi connectivity index (χ2n) is 9.17. The molecule has 2 saturated heterocycles. The molecule has 1 saturated carbocycles. The van der Waals surface area contributed by atoms with Crippen LogP contribution < -0.4 is 10.6 Å². The van der Waals surface area contributed by atoms with Gasteiger partial charge in [0.2, 0.25) is 5.91 Å². The Morgan fingerprint density at radius 3 is 1.89 bits per heavy atom. The predicted octanol–water partition coefficient (Wildman–Crippen LogP) is 6.57. The fraction of sp³-hybridized carbons (Fsp3) is 0.960. The number of rotatable bonds is 4. The van der Waals surface area contributed by atoms with Crippen molar-refractivity contribution in [2.24, 2.45) is 22.7 Å². The van der Waals surface area contributed by atoms with Crippen LogP contribution in [-0.2, 0) is 4.79 Å². The zero-order chi connectivity index (χ0) is 21.8. The largest absolute Gasteiger partial charge is 0.356 e. The van der Waals surface area contributed by atoms with Crippen molar-refractivity contribution < 1.29 is 4.79 Å². The Hall–Kier alpha value is -0.570. The molecule has 2 unspecified atom stereocenters. The van der Waals surface area contributed by atoms with Crippen LogP contribution in [-0.4, -0.2) is 25.0 Å². The maximum Gasteiger partial charge on any atom is 0.226 e. The Labute approximate surface area is 177 Å². The fourth-order valence-corrected chi connectivity index (χ4v) is 4.76. The number of nitrogens with one attached hydrogen (secondary N) is 2. The second kappa shape index (κ2) is 13.6. The molecule has 1 amide bonds. The summed E-state index contributed by atoms with van der Waals surface area (Å²) in [4.78, 5) is 11.5. The van der Waals surface area contributed by atoms with Gasteiger partial charge in [-0.2, -0.15) is 0 Å². The molecule has 3 rings (SSSR count). The maximum atomic E-state index is 11.5. The number of carbonyl (C=O) groups excluding carboxylic acids is 1. The van der Waals surface area contributed by atoms with E-state index in [0.29, 0.717) is 11.3 Å². The maximum absolute atomic E-state index is 11.5. The minimum absolute atomic E-state index is 0.0620. The molecule has 28 heavy (non-hydrogen) atoms. The van der Waals surface area contributed by atoms with Crippen molar-refractivity contribution in [3.63, 3.8) is 0 Å². The van der Waals surface area contributed by atoms with Crippen molar-refractivity contribution in [3.05, 3.63) is 0 Å². The highest BCUT2D eigenvalue weighted by molar-refractivity contribution is 5.84. The summed E-state index contributed by atoms with van der Waals surface area (Å²) in [6, 6.07) is 0.789. The highest BCUT2D eigenvalue weighted by Gasteiger charge is 2.43. The van der Waals surface area contributed by atoms with Crippen LogP contribution in [0.3, 0.4) is 0 Å². The van der Waals surface area contributed by atoms with Gasteiger partial charge in [-0.25, -0.2) is 0 Å². The Morgan fingerprint density at radius 2 is 1.57 bits per heavy atom. The van der Waals surface area contributed by atoms with Crippen molar-refractivity contribution in [3.8, 4) is 0 Å². The normalized spacial score (nSPS) is 30.4. The molecule has 0 radical (unpaired) electrons. The van der Waals surface area contributed by atoms with Crippen LogP contribution in [0.1, 0.15) is 114 Å². The molecule has 3 heteroatoms. The molecule has 3 fully saturated rings. The molecule has 0 bridgehead atoms. The van der Waals surface area contributed by atoms with Gasteiger partial charge < -0.3 is 10.6 Å². The van der Waals surface area contributed by atoms with Gasteiger partial charge in [-0.05, 0) is 68.7 Å². The van der Waals surface area contributed by atoms with E-state index >= 15 is 0 Å². The van der Waals surface area contributed by atoms with Gasteiger partial charge >= 0.3 is 0 Å². The highest BCUT2D eigenvalue weighted by atomic mass is 16.2. The lowest BCUT2D eigenvalue weighted by Crippen LogP contribution is -2.55. The lowest BCUT2D eigenvalue weighted by atomic mass is 9.67. The molecule has 2 atom stereocenters. The molecule has 168 valence electrons. The van der Waals surface area contributed by atoms with Crippen LogP contribution in [0.15, 0.2) is 0 Å². The van der Waals surface area contributed by atoms with E-state index < -0.39 is 0 Å². The fourth-order valence-electron chi connectivity index (χ4n) is 4.76. The third-order valence-electron chi connectivity index (χ3n) is 7.33. The molecule has 0 aromatic carbocycles. The zero-order valence-electron chi connectivity index (χ0n) is 20.7. The summed E-state index contributed by atoms with van der Waals surface area (Å²) in [6.45, 7) is 21.9. The van der Waals surface area contributed by atoms with Gasteiger partial charge in [0.25, 0.3) is 0 Å². The first kappa shape index (κ1) is 27.4. The van der Waals surface area contributed by atoms with E-state index in [1.54, 1.807) is 0 Å². The summed E-state index contributed by atoms with van der Waals surface area (Å²) >= 11 is 0. The van der Waals surface area contributed by atoms with Crippen molar-refractivity contribution >= 4 is 5.91 Å². The lowest BCUT2D eigenvalue weighted by Gasteiger charge is -2.47. The van der Waals surface area contributed by atoms with E-state index in [1.807, 2.05) is 27.7 Å². The third kappa shape index (κ3) is 7.04. The van der Waals surface area contributed by atoms with Gasteiger partial charge in [-0.3, -0.25) is 4.79 Å². The Kier molecular flexibility index (Phi) is 13.3. The summed E-state index contributed by atoms with van der Waals surface area (Å²) < 4.78 is 0. The van der Waals surface area contributed by atoms with Crippen molar-refractivity contribution in [2.75, 3.05) is 13.1 Å². The Balaban J connectivity index is 0.000000443. The molecule has 0 aromatic rings. The lowest BCUT2D eigenvalue weighted by molar-refractivity contribution is -0.129. The average molecular weight is 397 g/mol. The highest BCUT2D eigenvalue weighted by Crippen LogP contribution is 2.43. The van der Waals surface area contributed by atoms with Crippen LogP contribution in [0.5, 0.6) is 0 Å². The molecular weight excluding hydrogens is 344 g/mol. The van der Waals surface area contributed by atoms with Gasteiger partial charge in [-0.15, -0.1) is 0 Å². The number of hydrogen-bond acceptors (Lipinski definition) is 2. The van der Waals surface area contributed by atoms with E-state index in [2.05, 4.69) is 45.3 Å². The molecule has 2 heterocycles. The van der Waals surface area contributed by atoms with Crippen LogP contribution in [0.25, 0.3) is 0 Å². The monoisotopic (exact) mass is 396 g/mol. The predicted molar refractivity (Wildman–Crippen MR) is 125 cm³/mol. The van der Waals surface area contributed by atoms with E-state index in [-0.39, 0.29) is 5.41 Å². The SMILES string of the molecule is CC.CC.CC1CCC2(CCNC2=O)CC1.CCCC(C)(C(C)C)C1CCN1. The Morgan fingerprint density at radius 1 is 1.04 bits per heavy atom. The second-order valence-corrected chi connectivity index (χ2v) is 9.17. The van der Waals surface area contributed by atoms with E-state index in [4.69, 9.17) is 0 Å². The summed E-state index contributed by atoms with van der Waals surface area (Å²) in [7, 11) is 0. The molecule has 2 aliphatic heterocycles. The third-order valence-corrected chi connectivity index (χ3v) is 7.33. The minimum atomic E-state index is 0.0620. The standard InChI is InChI=1S/C11H23N.C10H17NO.2C2H6/c1-5-7-11(4,9(2)3)10-6-8-12-10;1-8-2-4-10(5-3-8)6-7-11-9(10)12;2*1-2/h9-10,12H,5-8H2,1-4H3;8H,2-7H2,1H3,(H,11,12);2*1-2H3. The molecule has 0 aromatic heterocycles. The smallest absolute Gasteiger partial charge is 0.226 e. The minimum Gasteiger partial charge on any atom is -0.356 e. The summed E-state index contributed by atoms with van der Waals surface area (Å²) in [5.74, 6) is 1.97. The molecule has 1 aliphatic carbocycles. The molecule has 2 N–H and O–H groups in total. The van der Waals surface area contributed by atoms with Crippen LogP contribution in [0.2, 0.25) is 0 Å². The summed E-state index contributed by atoms with van der Waals surface area (Å²) in [5, 5.41) is 6.51. The van der Waals surface area contributed by atoms with Crippen molar-refractivity contribution in [2.45, 2.75) is 120 Å². The number of carbonyl (C=O) groups is 1. The van der Waals surface area contributed by atoms with E-state index in [9.17, 15) is 4.79 Å². The molecule has 3 nitrogen and oxygen atoms in total. The van der Waals surface area contributed by atoms with Gasteiger partial charge in [0.15, 0.2) is 0 Å². The first-order valence-electron chi connectivity index (χ1n) is 12.4. The van der Waals surface area contributed by atoms with Crippen LogP contribution >= 0.6 is 0 Å². The van der Waals surface area contributed by atoms with Gasteiger partial charge in [-0.1, -0.05) is 68.7 Å². The number of hydrogen-bond donors (Lipinski definition) is 2. The first-order valence-corrected chi connectivity index (χ1v) is 12.4. The van der Waals surface area contributed by atoms with E-state index in [0.717, 1.165) is 43.7 Å².